The lowest BCUT2D eigenvalue weighted by Gasteiger charge is -2.25. The molecule has 2 aliphatic rings. The summed E-state index contributed by atoms with van der Waals surface area (Å²) < 4.78 is 5.67. The fourth-order valence-corrected chi connectivity index (χ4v) is 3.48. The van der Waals surface area contributed by atoms with Gasteiger partial charge in [-0.1, -0.05) is 24.3 Å². The van der Waals surface area contributed by atoms with Crippen molar-refractivity contribution in [3.8, 4) is 5.75 Å². The van der Waals surface area contributed by atoms with Crippen molar-refractivity contribution in [2.45, 2.75) is 45.4 Å². The van der Waals surface area contributed by atoms with Crippen LogP contribution in [-0.4, -0.2) is 54.2 Å². The molecule has 0 aromatic heterocycles. The molecule has 2 aliphatic heterocycles. The minimum atomic E-state index is -0.0203. The molecule has 1 N–H and O–H groups in total. The number of hydrogen-bond acceptors (Lipinski definition) is 3. The highest BCUT2D eigenvalue weighted by Crippen LogP contribution is 2.21. The maximum absolute atomic E-state index is 12.6. The molecule has 1 aromatic carbocycles. The van der Waals surface area contributed by atoms with E-state index in [2.05, 4.69) is 22.4 Å². The molecule has 2 atom stereocenters. The van der Waals surface area contributed by atoms with Crippen molar-refractivity contribution in [2.75, 3.05) is 26.2 Å². The highest BCUT2D eigenvalue weighted by molar-refractivity contribution is 5.75. The zero-order chi connectivity index (χ0) is 17.8. The molecule has 0 bridgehead atoms. The average Bonchev–Trinajstić information content (AvgIpc) is 3.26. The standard InChI is InChI=1S/C20H29N3O2/c1-15(2)25-19-8-6-17(7-9-19)16(3)21-20(24)23-13-10-18(14-23)22-11-4-5-12-22/h4-9,15-16,18H,10-14H2,1-3H3,(H,21,24). The van der Waals surface area contributed by atoms with E-state index in [-0.39, 0.29) is 18.2 Å². The molecule has 5 heteroatoms. The number of ether oxygens (including phenoxy) is 1. The van der Waals surface area contributed by atoms with Crippen molar-refractivity contribution in [1.82, 2.24) is 15.1 Å². The summed E-state index contributed by atoms with van der Waals surface area (Å²) >= 11 is 0. The van der Waals surface area contributed by atoms with E-state index in [0.29, 0.717) is 6.04 Å². The van der Waals surface area contributed by atoms with Crippen molar-refractivity contribution in [1.29, 1.82) is 0 Å². The number of carbonyl (C=O) groups excluding carboxylic acids is 1. The van der Waals surface area contributed by atoms with Gasteiger partial charge >= 0.3 is 6.03 Å². The molecule has 25 heavy (non-hydrogen) atoms. The number of rotatable bonds is 5. The summed E-state index contributed by atoms with van der Waals surface area (Å²) in [6.45, 7) is 9.73. The number of carbonyl (C=O) groups is 1. The monoisotopic (exact) mass is 343 g/mol. The van der Waals surface area contributed by atoms with Gasteiger partial charge in [0.05, 0.1) is 12.1 Å². The lowest BCUT2D eigenvalue weighted by Crippen LogP contribution is -2.42. The van der Waals surface area contributed by atoms with E-state index in [1.807, 2.05) is 49.9 Å². The lowest BCUT2D eigenvalue weighted by atomic mass is 10.1. The van der Waals surface area contributed by atoms with Gasteiger partial charge in [-0.15, -0.1) is 0 Å². The molecule has 0 spiro atoms. The van der Waals surface area contributed by atoms with Gasteiger partial charge in [0.2, 0.25) is 0 Å². The maximum atomic E-state index is 12.6. The van der Waals surface area contributed by atoms with Crippen LogP contribution in [0, 0.1) is 0 Å². The molecule has 5 nitrogen and oxygen atoms in total. The lowest BCUT2D eigenvalue weighted by molar-refractivity contribution is 0.197. The first-order chi connectivity index (χ1) is 12.0. The van der Waals surface area contributed by atoms with E-state index in [0.717, 1.165) is 43.9 Å². The van der Waals surface area contributed by atoms with Gasteiger partial charge in [0.25, 0.3) is 0 Å². The average molecular weight is 343 g/mol. The van der Waals surface area contributed by atoms with E-state index in [9.17, 15) is 4.79 Å². The second kappa shape index (κ2) is 7.91. The summed E-state index contributed by atoms with van der Waals surface area (Å²) in [5.74, 6) is 0.860. The van der Waals surface area contributed by atoms with Crippen LogP contribution >= 0.6 is 0 Å². The first kappa shape index (κ1) is 17.8. The van der Waals surface area contributed by atoms with Crippen LogP contribution in [0.2, 0.25) is 0 Å². The third-order valence-corrected chi connectivity index (χ3v) is 4.91. The summed E-state index contributed by atoms with van der Waals surface area (Å²) in [4.78, 5) is 16.9. The molecule has 2 heterocycles. The minimum Gasteiger partial charge on any atom is -0.491 e. The van der Waals surface area contributed by atoms with Crippen LogP contribution in [0.25, 0.3) is 0 Å². The highest BCUT2D eigenvalue weighted by atomic mass is 16.5. The summed E-state index contributed by atoms with van der Waals surface area (Å²) in [6.07, 6.45) is 5.64. The summed E-state index contributed by atoms with van der Waals surface area (Å²) in [6, 6.07) is 8.46. The number of nitrogens with one attached hydrogen (secondary N) is 1. The first-order valence-corrected chi connectivity index (χ1v) is 9.24. The van der Waals surface area contributed by atoms with Gasteiger partial charge in [0, 0.05) is 32.2 Å². The number of benzene rings is 1. The van der Waals surface area contributed by atoms with Gasteiger partial charge in [0.15, 0.2) is 0 Å². The Bertz CT molecular complexity index is 604. The summed E-state index contributed by atoms with van der Waals surface area (Å²) in [5, 5.41) is 3.12. The van der Waals surface area contributed by atoms with E-state index in [1.54, 1.807) is 0 Å². The fourth-order valence-electron chi connectivity index (χ4n) is 3.48. The van der Waals surface area contributed by atoms with Gasteiger partial charge in [-0.2, -0.15) is 0 Å². The van der Waals surface area contributed by atoms with E-state index >= 15 is 0 Å². The molecule has 1 fully saturated rings. The minimum absolute atomic E-state index is 0.0203. The zero-order valence-corrected chi connectivity index (χ0v) is 15.4. The zero-order valence-electron chi connectivity index (χ0n) is 15.4. The molecule has 2 amide bonds. The quantitative estimate of drug-likeness (QED) is 0.835. The number of amides is 2. The third-order valence-electron chi connectivity index (χ3n) is 4.91. The molecule has 1 saturated heterocycles. The van der Waals surface area contributed by atoms with Gasteiger partial charge in [-0.25, -0.2) is 4.79 Å². The molecular formula is C20H29N3O2. The smallest absolute Gasteiger partial charge is 0.317 e. The predicted molar refractivity (Wildman–Crippen MR) is 99.8 cm³/mol. The van der Waals surface area contributed by atoms with E-state index < -0.39 is 0 Å². The largest absolute Gasteiger partial charge is 0.491 e. The first-order valence-electron chi connectivity index (χ1n) is 9.24. The Balaban J connectivity index is 1.50. The Kier molecular flexibility index (Phi) is 5.63. The van der Waals surface area contributed by atoms with Gasteiger partial charge in [-0.3, -0.25) is 4.90 Å². The van der Waals surface area contributed by atoms with E-state index in [4.69, 9.17) is 4.74 Å². The van der Waals surface area contributed by atoms with Gasteiger partial charge in [0.1, 0.15) is 5.75 Å². The van der Waals surface area contributed by atoms with Crippen LogP contribution in [0.3, 0.4) is 0 Å². The number of hydrogen-bond donors (Lipinski definition) is 1. The Hall–Kier alpha value is -2.01. The molecule has 136 valence electrons. The predicted octanol–water partition coefficient (Wildman–Crippen LogP) is 3.19. The van der Waals surface area contributed by atoms with Crippen LogP contribution in [0.5, 0.6) is 5.75 Å². The van der Waals surface area contributed by atoms with Crippen molar-refractivity contribution >= 4 is 6.03 Å². The normalized spacial score (nSPS) is 21.8. The third kappa shape index (κ3) is 4.54. The maximum Gasteiger partial charge on any atom is 0.317 e. The van der Waals surface area contributed by atoms with Crippen LogP contribution in [-0.2, 0) is 0 Å². The number of nitrogens with zero attached hydrogens (tertiary/aromatic N) is 2. The van der Waals surface area contributed by atoms with Crippen molar-refractivity contribution in [2.24, 2.45) is 0 Å². The van der Waals surface area contributed by atoms with Crippen molar-refractivity contribution in [3.63, 3.8) is 0 Å². The van der Waals surface area contributed by atoms with Crippen LogP contribution in [0.4, 0.5) is 4.79 Å². The van der Waals surface area contributed by atoms with Crippen LogP contribution < -0.4 is 10.1 Å². The summed E-state index contributed by atoms with van der Waals surface area (Å²) in [7, 11) is 0. The van der Waals surface area contributed by atoms with Gasteiger partial charge in [-0.05, 0) is 44.9 Å². The second-order valence-corrected chi connectivity index (χ2v) is 7.22. The molecule has 1 aromatic rings. The Morgan fingerprint density at radius 1 is 1.16 bits per heavy atom. The fraction of sp³-hybridized carbons (Fsp3) is 0.550. The van der Waals surface area contributed by atoms with Crippen LogP contribution in [0.15, 0.2) is 36.4 Å². The molecule has 0 saturated carbocycles. The highest BCUT2D eigenvalue weighted by Gasteiger charge is 2.30. The summed E-state index contributed by atoms with van der Waals surface area (Å²) in [5.41, 5.74) is 1.09. The number of urea groups is 1. The molecule has 0 aliphatic carbocycles. The Morgan fingerprint density at radius 3 is 2.48 bits per heavy atom. The molecule has 2 unspecified atom stereocenters. The SMILES string of the molecule is CC(C)Oc1ccc(C(C)NC(=O)N2CCC(N3CC=CC3)C2)cc1. The van der Waals surface area contributed by atoms with Crippen molar-refractivity contribution in [3.05, 3.63) is 42.0 Å². The molecule has 3 rings (SSSR count). The Labute approximate surface area is 150 Å². The van der Waals surface area contributed by atoms with E-state index in [1.165, 1.54) is 0 Å². The van der Waals surface area contributed by atoms with Crippen LogP contribution in [0.1, 0.15) is 38.8 Å². The van der Waals surface area contributed by atoms with Crippen molar-refractivity contribution < 1.29 is 9.53 Å². The molecular weight excluding hydrogens is 314 g/mol. The molecule has 0 radical (unpaired) electrons. The van der Waals surface area contributed by atoms with Gasteiger partial charge < -0.3 is 15.0 Å². The Morgan fingerprint density at radius 2 is 1.84 bits per heavy atom. The second-order valence-electron chi connectivity index (χ2n) is 7.22. The topological polar surface area (TPSA) is 44.8 Å². The number of likely N-dealkylation sites (tertiary alicyclic amines) is 1.